The number of sulfonamides is 1. The summed E-state index contributed by atoms with van der Waals surface area (Å²) in [7, 11) is -3.08. The van der Waals surface area contributed by atoms with Crippen molar-refractivity contribution >= 4 is 27.4 Å². The molecule has 0 aliphatic heterocycles. The molecule has 0 fully saturated rings. The molecular weight excluding hydrogens is 360 g/mol. The fourth-order valence-corrected chi connectivity index (χ4v) is 3.96. The molecule has 0 aromatic heterocycles. The molecule has 0 amide bonds. The number of benzene rings is 2. The second-order valence-electron chi connectivity index (χ2n) is 5.63. The summed E-state index contributed by atoms with van der Waals surface area (Å²) in [5, 5.41) is 11.0. The van der Waals surface area contributed by atoms with Gasteiger partial charge in [0.05, 0.1) is 22.6 Å². The van der Waals surface area contributed by atoms with Crippen LogP contribution in [0, 0.1) is 24.0 Å². The van der Waals surface area contributed by atoms with Gasteiger partial charge in [0.25, 0.3) is 15.7 Å². The molecule has 0 spiro atoms. The smallest absolute Gasteiger partial charge is 0.326 e. The van der Waals surface area contributed by atoms with E-state index in [2.05, 4.69) is 4.74 Å². The van der Waals surface area contributed by atoms with E-state index in [0.717, 1.165) is 23.0 Å². The van der Waals surface area contributed by atoms with Crippen LogP contribution in [0.25, 0.3) is 0 Å². The number of nitro groups is 1. The average molecular weight is 378 g/mol. The van der Waals surface area contributed by atoms with Crippen LogP contribution in [0.15, 0.2) is 47.4 Å². The Morgan fingerprint density at radius 1 is 1.15 bits per heavy atom. The van der Waals surface area contributed by atoms with Gasteiger partial charge in [0.2, 0.25) is 0 Å². The zero-order valence-corrected chi connectivity index (χ0v) is 15.3. The number of hydrogen-bond donors (Lipinski definition) is 0. The average Bonchev–Trinajstić information content (AvgIpc) is 2.60. The first-order chi connectivity index (χ1) is 12.2. The maximum atomic E-state index is 13.2. The summed E-state index contributed by atoms with van der Waals surface area (Å²) < 4.78 is 31.8. The molecule has 0 unspecified atom stereocenters. The first-order valence-electron chi connectivity index (χ1n) is 7.58. The van der Waals surface area contributed by atoms with Crippen molar-refractivity contribution in [3.05, 3.63) is 63.7 Å². The van der Waals surface area contributed by atoms with Crippen molar-refractivity contribution in [2.45, 2.75) is 18.7 Å². The number of carbonyl (C=O) groups excluding carboxylic acids is 1. The van der Waals surface area contributed by atoms with E-state index in [1.165, 1.54) is 19.1 Å². The van der Waals surface area contributed by atoms with Crippen molar-refractivity contribution in [1.82, 2.24) is 0 Å². The lowest BCUT2D eigenvalue weighted by Gasteiger charge is -2.24. The molecule has 2 rings (SSSR count). The third kappa shape index (κ3) is 3.99. The Balaban J connectivity index is 2.62. The first kappa shape index (κ1) is 19.4. The van der Waals surface area contributed by atoms with Crippen LogP contribution >= 0.6 is 0 Å². The number of carbonyl (C=O) groups is 1. The number of rotatable bonds is 6. The standard InChI is InChI=1S/C17H18N2O6S/c1-12-4-7-14(8-5-12)18(11-17(20)25-3)26(23,24)16-10-15(19(21)22)9-6-13(16)2/h4-10H,11H2,1-3H3. The van der Waals surface area contributed by atoms with E-state index >= 15 is 0 Å². The van der Waals surface area contributed by atoms with Crippen LogP contribution in [-0.2, 0) is 19.6 Å². The number of methoxy groups -OCH3 is 1. The van der Waals surface area contributed by atoms with Crippen LogP contribution in [0.3, 0.4) is 0 Å². The summed E-state index contributed by atoms with van der Waals surface area (Å²) in [6, 6.07) is 10.1. The molecule has 0 saturated carbocycles. The van der Waals surface area contributed by atoms with E-state index < -0.39 is 27.5 Å². The fourth-order valence-electron chi connectivity index (χ4n) is 2.31. The predicted molar refractivity (Wildman–Crippen MR) is 95.6 cm³/mol. The van der Waals surface area contributed by atoms with E-state index in [-0.39, 0.29) is 16.3 Å². The lowest BCUT2D eigenvalue weighted by Crippen LogP contribution is -2.36. The minimum Gasteiger partial charge on any atom is -0.468 e. The molecule has 26 heavy (non-hydrogen) atoms. The van der Waals surface area contributed by atoms with Gasteiger partial charge in [-0.3, -0.25) is 19.2 Å². The summed E-state index contributed by atoms with van der Waals surface area (Å²) in [4.78, 5) is 21.9. The zero-order valence-electron chi connectivity index (χ0n) is 14.5. The molecule has 138 valence electrons. The van der Waals surface area contributed by atoms with Crippen molar-refractivity contribution < 1.29 is 22.9 Å². The molecule has 0 aliphatic rings. The van der Waals surface area contributed by atoms with Gasteiger partial charge in [-0.1, -0.05) is 23.8 Å². The number of anilines is 1. The summed E-state index contributed by atoms with van der Waals surface area (Å²) in [6.07, 6.45) is 0. The Kier molecular flexibility index (Phi) is 5.61. The highest BCUT2D eigenvalue weighted by Crippen LogP contribution is 2.28. The normalized spacial score (nSPS) is 11.0. The minimum absolute atomic E-state index is 0.240. The highest BCUT2D eigenvalue weighted by molar-refractivity contribution is 7.93. The van der Waals surface area contributed by atoms with E-state index in [9.17, 15) is 23.3 Å². The summed E-state index contributed by atoms with van der Waals surface area (Å²) in [6.45, 7) is 2.82. The lowest BCUT2D eigenvalue weighted by molar-refractivity contribution is -0.385. The Hall–Kier alpha value is -2.94. The maximum Gasteiger partial charge on any atom is 0.326 e. The van der Waals surface area contributed by atoms with Crippen LogP contribution in [0.1, 0.15) is 11.1 Å². The van der Waals surface area contributed by atoms with Crippen molar-refractivity contribution in [3.8, 4) is 0 Å². The topological polar surface area (TPSA) is 107 Å². The molecule has 0 atom stereocenters. The van der Waals surface area contributed by atoms with Crippen molar-refractivity contribution in [2.75, 3.05) is 18.0 Å². The highest BCUT2D eigenvalue weighted by Gasteiger charge is 2.30. The van der Waals surface area contributed by atoms with Gasteiger partial charge in [0.15, 0.2) is 0 Å². The molecule has 0 radical (unpaired) electrons. The van der Waals surface area contributed by atoms with Crippen LogP contribution < -0.4 is 4.31 Å². The van der Waals surface area contributed by atoms with E-state index in [1.54, 1.807) is 24.3 Å². The Morgan fingerprint density at radius 2 is 1.77 bits per heavy atom. The molecule has 0 bridgehead atoms. The van der Waals surface area contributed by atoms with Crippen molar-refractivity contribution in [3.63, 3.8) is 0 Å². The minimum atomic E-state index is -4.23. The molecular formula is C17H18N2O6S. The third-order valence-corrected chi connectivity index (χ3v) is 5.69. The number of non-ortho nitro benzene ring substituents is 1. The predicted octanol–water partition coefficient (Wildman–Crippen LogP) is 2.58. The van der Waals surface area contributed by atoms with E-state index in [4.69, 9.17) is 0 Å². The van der Waals surface area contributed by atoms with Crippen LogP contribution in [0.5, 0.6) is 0 Å². The monoisotopic (exact) mass is 378 g/mol. The van der Waals surface area contributed by atoms with Crippen molar-refractivity contribution in [2.24, 2.45) is 0 Å². The van der Waals surface area contributed by atoms with E-state index in [0.29, 0.717) is 5.56 Å². The van der Waals surface area contributed by atoms with Crippen LogP contribution in [0.2, 0.25) is 0 Å². The molecule has 0 N–H and O–H groups in total. The van der Waals surface area contributed by atoms with Gasteiger partial charge in [0, 0.05) is 12.1 Å². The second-order valence-corrected chi connectivity index (χ2v) is 7.46. The molecule has 0 saturated heterocycles. The van der Waals surface area contributed by atoms with Gasteiger partial charge in [-0.05, 0) is 31.5 Å². The SMILES string of the molecule is COC(=O)CN(c1ccc(C)cc1)S(=O)(=O)c1cc([N+](=O)[O-])ccc1C. The molecule has 2 aromatic rings. The molecule has 8 nitrogen and oxygen atoms in total. The molecule has 2 aromatic carbocycles. The van der Waals surface area contributed by atoms with Gasteiger partial charge < -0.3 is 4.74 Å². The summed E-state index contributed by atoms with van der Waals surface area (Å²) >= 11 is 0. The van der Waals surface area contributed by atoms with Crippen LogP contribution in [-0.4, -0.2) is 33.0 Å². The zero-order chi connectivity index (χ0) is 19.5. The quantitative estimate of drug-likeness (QED) is 0.434. The lowest BCUT2D eigenvalue weighted by atomic mass is 10.2. The highest BCUT2D eigenvalue weighted by atomic mass is 32.2. The number of hydrogen-bond acceptors (Lipinski definition) is 6. The number of aryl methyl sites for hydroxylation is 2. The summed E-state index contributed by atoms with van der Waals surface area (Å²) in [5.74, 6) is -0.753. The summed E-state index contributed by atoms with van der Waals surface area (Å²) in [5.41, 5.74) is 1.15. The number of esters is 1. The van der Waals surface area contributed by atoms with Gasteiger partial charge >= 0.3 is 5.97 Å². The van der Waals surface area contributed by atoms with Gasteiger partial charge in [-0.15, -0.1) is 0 Å². The molecule has 0 heterocycles. The largest absolute Gasteiger partial charge is 0.468 e. The maximum absolute atomic E-state index is 13.2. The van der Waals surface area contributed by atoms with Gasteiger partial charge in [-0.2, -0.15) is 0 Å². The number of ether oxygens (including phenoxy) is 1. The fraction of sp³-hybridized carbons (Fsp3) is 0.235. The number of nitrogens with zero attached hydrogens (tertiary/aromatic N) is 2. The first-order valence-corrected chi connectivity index (χ1v) is 9.02. The van der Waals surface area contributed by atoms with Gasteiger partial charge in [-0.25, -0.2) is 8.42 Å². The Bertz CT molecular complexity index is 938. The Morgan fingerprint density at radius 3 is 2.31 bits per heavy atom. The van der Waals surface area contributed by atoms with E-state index in [1.807, 2.05) is 6.92 Å². The molecule has 0 aliphatic carbocycles. The molecule has 9 heteroatoms. The van der Waals surface area contributed by atoms with Crippen molar-refractivity contribution in [1.29, 1.82) is 0 Å². The third-order valence-electron chi connectivity index (χ3n) is 3.77. The van der Waals surface area contributed by atoms with Crippen LogP contribution in [0.4, 0.5) is 11.4 Å². The Labute approximate surface area is 151 Å². The second kappa shape index (κ2) is 7.52. The number of nitro benzene ring substituents is 1. The van der Waals surface area contributed by atoms with Gasteiger partial charge in [0.1, 0.15) is 6.54 Å².